The molecule has 4 aromatic rings. The summed E-state index contributed by atoms with van der Waals surface area (Å²) in [7, 11) is 1.43. The molecule has 0 saturated carbocycles. The zero-order valence-corrected chi connectivity index (χ0v) is 26.0. The number of furan rings is 1. The Hall–Kier alpha value is -4.77. The Morgan fingerprint density at radius 1 is 1.16 bits per heavy atom. The van der Waals surface area contributed by atoms with E-state index in [-0.39, 0.29) is 23.6 Å². The van der Waals surface area contributed by atoms with Crippen LogP contribution in [0.4, 0.5) is 5.69 Å². The van der Waals surface area contributed by atoms with Crippen molar-refractivity contribution in [3.8, 4) is 17.1 Å². The third kappa shape index (κ3) is 5.87. The van der Waals surface area contributed by atoms with Gasteiger partial charge in [0.2, 0.25) is 0 Å². The molecule has 11 heteroatoms. The molecule has 228 valence electrons. The van der Waals surface area contributed by atoms with Gasteiger partial charge in [-0.1, -0.05) is 62.8 Å². The summed E-state index contributed by atoms with van der Waals surface area (Å²) in [6.45, 7) is 8.19. The molecule has 0 fully saturated rings. The zero-order chi connectivity index (χ0) is 31.5. The van der Waals surface area contributed by atoms with Crippen LogP contribution in [-0.2, 0) is 9.53 Å². The first kappa shape index (κ1) is 30.7. The zero-order valence-electron chi connectivity index (χ0n) is 25.2. The van der Waals surface area contributed by atoms with E-state index in [1.165, 1.54) is 30.6 Å². The van der Waals surface area contributed by atoms with Gasteiger partial charge in [-0.3, -0.25) is 19.5 Å². The van der Waals surface area contributed by atoms with E-state index < -0.39 is 16.9 Å². The second-order valence-corrected chi connectivity index (χ2v) is 11.6. The Morgan fingerprint density at radius 2 is 1.91 bits per heavy atom. The summed E-state index contributed by atoms with van der Waals surface area (Å²) < 4.78 is 18.8. The van der Waals surface area contributed by atoms with Crippen molar-refractivity contribution in [2.75, 3.05) is 13.7 Å². The van der Waals surface area contributed by atoms with E-state index in [1.807, 2.05) is 31.2 Å². The first-order valence-corrected chi connectivity index (χ1v) is 15.2. The molecular formula is C33H33N3O7S. The van der Waals surface area contributed by atoms with Crippen LogP contribution in [0.15, 0.2) is 80.1 Å². The van der Waals surface area contributed by atoms with Gasteiger partial charge in [-0.2, -0.15) is 0 Å². The van der Waals surface area contributed by atoms with Crippen LogP contribution in [0, 0.1) is 10.1 Å². The minimum atomic E-state index is -0.702. The number of hydrogen-bond acceptors (Lipinski definition) is 9. The molecule has 0 unspecified atom stereocenters. The van der Waals surface area contributed by atoms with Crippen molar-refractivity contribution >= 4 is 29.1 Å². The number of aromatic nitrogens is 1. The molecular weight excluding hydrogens is 582 g/mol. The number of esters is 1. The van der Waals surface area contributed by atoms with Crippen molar-refractivity contribution < 1.29 is 23.6 Å². The predicted octanol–water partition coefficient (Wildman–Crippen LogP) is 5.88. The number of ether oxygens (including phenoxy) is 2. The number of non-ortho nitro benzene ring substituents is 1. The molecule has 0 radical (unpaired) electrons. The second-order valence-electron chi connectivity index (χ2n) is 10.6. The summed E-state index contributed by atoms with van der Waals surface area (Å²) in [5, 5.41) is 11.2. The molecule has 0 bridgehead atoms. The molecule has 10 nitrogen and oxygen atoms in total. The van der Waals surface area contributed by atoms with Crippen molar-refractivity contribution in [1.82, 2.24) is 4.57 Å². The Bertz CT molecular complexity index is 1930. The number of nitro groups is 1. The van der Waals surface area contributed by atoms with E-state index in [2.05, 4.69) is 13.8 Å². The normalized spacial score (nSPS) is 14.9. The van der Waals surface area contributed by atoms with Crippen molar-refractivity contribution in [2.24, 2.45) is 4.99 Å². The summed E-state index contributed by atoms with van der Waals surface area (Å²) in [6, 6.07) is 15.0. The monoisotopic (exact) mass is 615 g/mol. The highest BCUT2D eigenvalue weighted by Gasteiger charge is 2.34. The topological polar surface area (TPSA) is 126 Å². The maximum atomic E-state index is 14.0. The van der Waals surface area contributed by atoms with Gasteiger partial charge in [0.1, 0.15) is 17.3 Å². The van der Waals surface area contributed by atoms with Crippen LogP contribution in [0.3, 0.4) is 0 Å². The van der Waals surface area contributed by atoms with Gasteiger partial charge >= 0.3 is 5.97 Å². The lowest BCUT2D eigenvalue weighted by molar-refractivity contribution is -0.384. The Kier molecular flexibility index (Phi) is 8.96. The molecule has 0 aliphatic carbocycles. The van der Waals surface area contributed by atoms with Crippen LogP contribution in [0.2, 0.25) is 0 Å². The molecule has 1 atom stereocenters. The summed E-state index contributed by atoms with van der Waals surface area (Å²) >= 11 is 1.22. The molecule has 2 aromatic carbocycles. The average molecular weight is 616 g/mol. The van der Waals surface area contributed by atoms with Crippen LogP contribution < -0.4 is 19.6 Å². The predicted molar refractivity (Wildman–Crippen MR) is 168 cm³/mol. The van der Waals surface area contributed by atoms with Crippen LogP contribution in [-0.4, -0.2) is 29.2 Å². The number of thiazole rings is 1. The van der Waals surface area contributed by atoms with Gasteiger partial charge in [0.05, 0.1) is 52.1 Å². The van der Waals surface area contributed by atoms with Gasteiger partial charge in [-0.05, 0) is 48.6 Å². The highest BCUT2D eigenvalue weighted by molar-refractivity contribution is 7.07. The number of allylic oxidation sites excluding steroid dienone is 1. The fraction of sp³-hybridized carbons (Fsp3) is 0.303. The first-order valence-electron chi connectivity index (χ1n) is 14.4. The molecule has 0 spiro atoms. The summed E-state index contributed by atoms with van der Waals surface area (Å²) in [5.41, 5.74) is 3.05. The maximum absolute atomic E-state index is 14.0. The lowest BCUT2D eigenvalue weighted by atomic mass is 9.92. The molecule has 44 heavy (non-hydrogen) atoms. The fourth-order valence-electron chi connectivity index (χ4n) is 5.20. The number of carbonyl (C=O) groups excluding carboxylic acids is 1. The smallest absolute Gasteiger partial charge is 0.338 e. The highest BCUT2D eigenvalue weighted by Crippen LogP contribution is 2.35. The van der Waals surface area contributed by atoms with Gasteiger partial charge in [0.15, 0.2) is 4.80 Å². The lowest BCUT2D eigenvalue weighted by Gasteiger charge is -2.26. The molecule has 2 aromatic heterocycles. The third-order valence-corrected chi connectivity index (χ3v) is 8.36. The molecule has 1 aliphatic rings. The van der Waals surface area contributed by atoms with Gasteiger partial charge in [0, 0.05) is 12.1 Å². The van der Waals surface area contributed by atoms with E-state index in [4.69, 9.17) is 18.9 Å². The van der Waals surface area contributed by atoms with Gasteiger partial charge in [0.25, 0.3) is 11.2 Å². The Labute approximate surface area is 257 Å². The number of hydrogen-bond donors (Lipinski definition) is 0. The lowest BCUT2D eigenvalue weighted by Crippen LogP contribution is -2.40. The van der Waals surface area contributed by atoms with Gasteiger partial charge in [-0.25, -0.2) is 9.79 Å². The number of nitro benzene ring substituents is 1. The number of nitrogens with zero attached hydrogens (tertiary/aromatic N) is 3. The number of benzene rings is 2. The van der Waals surface area contributed by atoms with E-state index in [9.17, 15) is 19.7 Å². The number of carbonyl (C=O) groups is 1. The highest BCUT2D eigenvalue weighted by atomic mass is 32.1. The SMILES string of the molecule is CCCC1=C(C(=O)OCC)[C@@H](c2ccc(C(C)C)cc2)n2c(s/c(=C\c3ccc(-c4ccc([N+](=O)[O-])cc4OC)o3)c2=O)=N1. The summed E-state index contributed by atoms with van der Waals surface area (Å²) in [5.74, 6) is 0.957. The minimum absolute atomic E-state index is 0.100. The third-order valence-electron chi connectivity index (χ3n) is 7.37. The Morgan fingerprint density at radius 3 is 2.55 bits per heavy atom. The largest absolute Gasteiger partial charge is 0.496 e. The van der Waals surface area contributed by atoms with Crippen molar-refractivity contribution in [1.29, 1.82) is 0 Å². The second kappa shape index (κ2) is 12.8. The molecule has 5 rings (SSSR count). The quantitative estimate of drug-likeness (QED) is 0.124. The van der Waals surface area contributed by atoms with E-state index in [1.54, 1.807) is 35.8 Å². The minimum Gasteiger partial charge on any atom is -0.496 e. The van der Waals surface area contributed by atoms with Crippen molar-refractivity contribution in [3.05, 3.63) is 113 Å². The van der Waals surface area contributed by atoms with Crippen molar-refractivity contribution in [3.63, 3.8) is 0 Å². The standard InChI is InChI=1S/C33H33N3O7S/c1-6-8-25-29(32(38)42-7-2)30(21-11-9-20(10-12-21)19(3)4)35-31(37)28(44-33(35)34-25)18-23-14-16-26(43-23)24-15-13-22(36(39)40)17-27(24)41-5/h9-19,30H,6-8H2,1-5H3/b28-18-/t30-/m1/s1. The Balaban J connectivity index is 1.64. The van der Waals surface area contributed by atoms with Crippen molar-refractivity contribution in [2.45, 2.75) is 52.5 Å². The number of rotatable bonds is 10. The molecule has 0 N–H and O–H groups in total. The van der Waals surface area contributed by atoms with E-state index >= 15 is 0 Å². The summed E-state index contributed by atoms with van der Waals surface area (Å²) in [4.78, 5) is 43.4. The van der Waals surface area contributed by atoms with Crippen LogP contribution >= 0.6 is 11.3 Å². The van der Waals surface area contributed by atoms with Gasteiger partial charge in [-0.15, -0.1) is 0 Å². The number of fused-ring (bicyclic) bond motifs is 1. The first-order chi connectivity index (χ1) is 21.2. The average Bonchev–Trinajstić information content (AvgIpc) is 3.60. The maximum Gasteiger partial charge on any atom is 0.338 e. The van der Waals surface area contributed by atoms with Gasteiger partial charge < -0.3 is 13.9 Å². The van der Waals surface area contributed by atoms with E-state index in [0.29, 0.717) is 50.0 Å². The molecule has 1 aliphatic heterocycles. The fourth-order valence-corrected chi connectivity index (χ4v) is 6.20. The molecule has 0 saturated heterocycles. The molecule has 0 amide bonds. The van der Waals surface area contributed by atoms with E-state index in [0.717, 1.165) is 17.5 Å². The van der Waals surface area contributed by atoms with Crippen LogP contribution in [0.5, 0.6) is 5.75 Å². The summed E-state index contributed by atoms with van der Waals surface area (Å²) in [6.07, 6.45) is 2.95. The van der Waals surface area contributed by atoms with Crippen LogP contribution in [0.1, 0.15) is 69.4 Å². The molecule has 3 heterocycles. The van der Waals surface area contributed by atoms with Crippen LogP contribution in [0.25, 0.3) is 17.4 Å². The number of methoxy groups -OCH3 is 1.